The van der Waals surface area contributed by atoms with Crippen LogP contribution in [0.5, 0.6) is 0 Å². The van der Waals surface area contributed by atoms with E-state index in [-0.39, 0.29) is 0 Å². The molecule has 0 bridgehead atoms. The standard InChI is InChI=1S/C10H21N2/c1-11(2)7-6-10-12-8-4-3-5-9-12/h3H,4-10H2,1-2H3. The molecule has 0 aromatic carbocycles. The third-order valence-corrected chi connectivity index (χ3v) is 2.38. The molecule has 12 heavy (non-hydrogen) atoms. The van der Waals surface area contributed by atoms with Gasteiger partial charge in [-0.1, -0.05) is 0 Å². The van der Waals surface area contributed by atoms with Gasteiger partial charge in [-0.25, -0.2) is 0 Å². The Bertz CT molecular complexity index is 106. The molecule has 1 saturated heterocycles. The van der Waals surface area contributed by atoms with Gasteiger partial charge in [0, 0.05) is 0 Å². The van der Waals surface area contributed by atoms with E-state index in [1.54, 1.807) is 0 Å². The summed E-state index contributed by atoms with van der Waals surface area (Å²) >= 11 is 0. The van der Waals surface area contributed by atoms with E-state index in [2.05, 4.69) is 30.3 Å². The largest absolute Gasteiger partial charge is 0.309 e. The topological polar surface area (TPSA) is 6.48 Å². The fourth-order valence-corrected chi connectivity index (χ4v) is 1.64. The first kappa shape index (κ1) is 10.0. The monoisotopic (exact) mass is 169 g/mol. The first-order chi connectivity index (χ1) is 5.79. The summed E-state index contributed by atoms with van der Waals surface area (Å²) in [5.74, 6) is 0. The van der Waals surface area contributed by atoms with Crippen LogP contribution in [-0.4, -0.2) is 50.1 Å². The van der Waals surface area contributed by atoms with E-state index in [4.69, 9.17) is 0 Å². The Balaban J connectivity index is 1.98. The van der Waals surface area contributed by atoms with E-state index >= 15 is 0 Å². The van der Waals surface area contributed by atoms with Crippen molar-refractivity contribution in [3.63, 3.8) is 0 Å². The van der Waals surface area contributed by atoms with Crippen LogP contribution in [0.3, 0.4) is 0 Å². The molecule has 0 aromatic rings. The molecular formula is C10H21N2. The highest BCUT2D eigenvalue weighted by Gasteiger charge is 2.08. The molecule has 0 saturated carbocycles. The van der Waals surface area contributed by atoms with Crippen molar-refractivity contribution in [3.05, 3.63) is 6.42 Å². The zero-order chi connectivity index (χ0) is 8.81. The molecule has 1 heterocycles. The average Bonchev–Trinajstić information content (AvgIpc) is 2.05. The highest BCUT2D eigenvalue weighted by molar-refractivity contribution is 4.76. The highest BCUT2D eigenvalue weighted by atomic mass is 15.1. The normalized spacial score (nSPS) is 20.2. The lowest BCUT2D eigenvalue weighted by Crippen LogP contribution is -2.32. The summed E-state index contributed by atoms with van der Waals surface area (Å²) in [5, 5.41) is 0. The molecule has 0 N–H and O–H groups in total. The van der Waals surface area contributed by atoms with Crippen LogP contribution in [0.1, 0.15) is 19.3 Å². The molecule has 1 rings (SSSR count). The van der Waals surface area contributed by atoms with E-state index in [1.165, 1.54) is 45.4 Å². The lowest BCUT2D eigenvalue weighted by atomic mass is 10.1. The van der Waals surface area contributed by atoms with Crippen molar-refractivity contribution in [2.45, 2.75) is 19.3 Å². The Hall–Kier alpha value is -0.0800. The first-order valence-corrected chi connectivity index (χ1v) is 4.98. The van der Waals surface area contributed by atoms with E-state index in [0.29, 0.717) is 0 Å². The average molecular weight is 169 g/mol. The van der Waals surface area contributed by atoms with E-state index < -0.39 is 0 Å². The Morgan fingerprint density at radius 3 is 2.50 bits per heavy atom. The van der Waals surface area contributed by atoms with Crippen LogP contribution in [0, 0.1) is 6.42 Å². The first-order valence-electron chi connectivity index (χ1n) is 4.98. The molecule has 0 aromatic heterocycles. The highest BCUT2D eigenvalue weighted by Crippen LogP contribution is 2.07. The Kier molecular flexibility index (Phi) is 4.62. The van der Waals surface area contributed by atoms with E-state index in [1.807, 2.05) is 0 Å². The summed E-state index contributed by atoms with van der Waals surface area (Å²) in [6.45, 7) is 5.08. The van der Waals surface area contributed by atoms with E-state index in [9.17, 15) is 0 Å². The third-order valence-electron chi connectivity index (χ3n) is 2.38. The number of hydrogen-bond donors (Lipinski definition) is 0. The van der Waals surface area contributed by atoms with Gasteiger partial charge in [-0.05, 0) is 66.0 Å². The zero-order valence-electron chi connectivity index (χ0n) is 8.42. The van der Waals surface area contributed by atoms with Crippen molar-refractivity contribution in [2.75, 3.05) is 40.3 Å². The molecule has 2 heteroatoms. The number of nitrogens with zero attached hydrogens (tertiary/aromatic N) is 2. The third kappa shape index (κ3) is 4.07. The minimum Gasteiger partial charge on any atom is -0.309 e. The predicted octanol–water partition coefficient (Wildman–Crippen LogP) is 1.24. The summed E-state index contributed by atoms with van der Waals surface area (Å²) in [6.07, 6.45) is 6.30. The molecule has 0 unspecified atom stereocenters. The van der Waals surface area contributed by atoms with Gasteiger partial charge >= 0.3 is 0 Å². The van der Waals surface area contributed by atoms with Gasteiger partial charge < -0.3 is 9.80 Å². The summed E-state index contributed by atoms with van der Waals surface area (Å²) in [6, 6.07) is 0. The second kappa shape index (κ2) is 5.55. The van der Waals surface area contributed by atoms with Crippen LogP contribution in [-0.2, 0) is 0 Å². The minimum atomic E-state index is 1.22. The summed E-state index contributed by atoms with van der Waals surface area (Å²) in [7, 11) is 4.29. The zero-order valence-corrected chi connectivity index (χ0v) is 8.42. The molecule has 71 valence electrons. The quantitative estimate of drug-likeness (QED) is 0.625. The predicted molar refractivity (Wildman–Crippen MR) is 53.1 cm³/mol. The van der Waals surface area contributed by atoms with Crippen LogP contribution in [0.15, 0.2) is 0 Å². The number of hydrogen-bond acceptors (Lipinski definition) is 2. The SMILES string of the molecule is CN(C)CCCN1CC[CH]CC1. The van der Waals surface area contributed by atoms with Crippen molar-refractivity contribution in [1.82, 2.24) is 9.80 Å². The van der Waals surface area contributed by atoms with Crippen LogP contribution in [0.25, 0.3) is 0 Å². The molecule has 0 atom stereocenters. The van der Waals surface area contributed by atoms with E-state index in [0.717, 1.165) is 0 Å². The molecular weight excluding hydrogens is 148 g/mol. The van der Waals surface area contributed by atoms with Crippen molar-refractivity contribution in [3.8, 4) is 0 Å². The molecule has 0 amide bonds. The molecule has 1 aliphatic heterocycles. The fourth-order valence-electron chi connectivity index (χ4n) is 1.64. The molecule has 2 nitrogen and oxygen atoms in total. The van der Waals surface area contributed by atoms with Gasteiger partial charge in [-0.2, -0.15) is 0 Å². The second-order valence-electron chi connectivity index (χ2n) is 3.86. The molecule has 1 radical (unpaired) electrons. The molecule has 0 aliphatic carbocycles. The minimum absolute atomic E-state index is 1.22. The number of piperidine rings is 1. The van der Waals surface area contributed by atoms with Crippen molar-refractivity contribution in [1.29, 1.82) is 0 Å². The Morgan fingerprint density at radius 1 is 1.25 bits per heavy atom. The maximum atomic E-state index is 2.57. The summed E-state index contributed by atoms with van der Waals surface area (Å²) in [5.41, 5.74) is 0. The fraction of sp³-hybridized carbons (Fsp3) is 0.900. The smallest absolute Gasteiger partial charge is 0.000655 e. The van der Waals surface area contributed by atoms with Gasteiger partial charge in [0.25, 0.3) is 0 Å². The van der Waals surface area contributed by atoms with Gasteiger partial charge in [-0.3, -0.25) is 0 Å². The van der Waals surface area contributed by atoms with Crippen molar-refractivity contribution in [2.24, 2.45) is 0 Å². The number of rotatable bonds is 4. The lowest BCUT2D eigenvalue weighted by Gasteiger charge is -2.26. The van der Waals surface area contributed by atoms with Gasteiger partial charge in [0.1, 0.15) is 0 Å². The van der Waals surface area contributed by atoms with Gasteiger partial charge in [0.05, 0.1) is 0 Å². The van der Waals surface area contributed by atoms with Gasteiger partial charge in [0.15, 0.2) is 0 Å². The number of likely N-dealkylation sites (tertiary alicyclic amines) is 1. The van der Waals surface area contributed by atoms with Crippen LogP contribution >= 0.6 is 0 Å². The van der Waals surface area contributed by atoms with Crippen molar-refractivity contribution >= 4 is 0 Å². The van der Waals surface area contributed by atoms with Gasteiger partial charge in [-0.15, -0.1) is 0 Å². The summed E-state index contributed by atoms with van der Waals surface area (Å²) < 4.78 is 0. The van der Waals surface area contributed by atoms with Crippen LogP contribution in [0.4, 0.5) is 0 Å². The second-order valence-corrected chi connectivity index (χ2v) is 3.86. The maximum absolute atomic E-state index is 2.57. The molecule has 1 fully saturated rings. The lowest BCUT2D eigenvalue weighted by molar-refractivity contribution is 0.239. The summed E-state index contributed by atoms with van der Waals surface area (Å²) in [4.78, 5) is 4.83. The Labute approximate surface area is 76.5 Å². The Morgan fingerprint density at radius 2 is 1.92 bits per heavy atom. The van der Waals surface area contributed by atoms with Gasteiger partial charge in [0.2, 0.25) is 0 Å². The van der Waals surface area contributed by atoms with Crippen molar-refractivity contribution < 1.29 is 0 Å². The van der Waals surface area contributed by atoms with Crippen LogP contribution in [0.2, 0.25) is 0 Å². The van der Waals surface area contributed by atoms with Crippen LogP contribution < -0.4 is 0 Å². The molecule has 0 spiro atoms. The molecule has 1 aliphatic rings. The maximum Gasteiger partial charge on any atom is -0.000655 e.